The molecule has 0 amide bonds. The number of hydrogen-bond donors (Lipinski definition) is 4. The van der Waals surface area contributed by atoms with Crippen molar-refractivity contribution in [3.8, 4) is 6.01 Å². The van der Waals surface area contributed by atoms with Gasteiger partial charge in [-0.2, -0.15) is 9.97 Å². The highest BCUT2D eigenvalue weighted by Gasteiger charge is 2.44. The average molecular weight is 415 g/mol. The summed E-state index contributed by atoms with van der Waals surface area (Å²) in [5, 5.41) is 29.6. The minimum absolute atomic E-state index is 0.105. The lowest BCUT2D eigenvalue weighted by Crippen LogP contribution is -2.33. The van der Waals surface area contributed by atoms with E-state index < -0.39 is 31.1 Å². The number of imidazole rings is 1. The normalized spacial score (nSPS) is 23.8. The monoisotopic (exact) mass is 415 g/mol. The van der Waals surface area contributed by atoms with Gasteiger partial charge in [-0.1, -0.05) is 30.3 Å². The van der Waals surface area contributed by atoms with E-state index >= 15 is 0 Å². The molecule has 0 radical (unpaired) electrons. The molecule has 1 fully saturated rings. The molecule has 160 valence electrons. The number of unbranched alkanes of at least 4 members (excludes halogenated alkanes) is 1. The Morgan fingerprint density at radius 3 is 2.63 bits per heavy atom. The van der Waals surface area contributed by atoms with Crippen molar-refractivity contribution in [2.75, 3.05) is 18.9 Å². The third-order valence-electron chi connectivity index (χ3n) is 5.15. The van der Waals surface area contributed by atoms with Crippen LogP contribution in [0.1, 0.15) is 24.6 Å². The molecule has 3 aromatic rings. The lowest BCUT2D eigenvalue weighted by Gasteiger charge is -2.16. The molecule has 0 bridgehead atoms. The summed E-state index contributed by atoms with van der Waals surface area (Å²) in [4.78, 5) is 12.7. The highest BCUT2D eigenvalue weighted by molar-refractivity contribution is 5.82. The summed E-state index contributed by atoms with van der Waals surface area (Å²) in [6.45, 7) is 0.00952. The van der Waals surface area contributed by atoms with Crippen molar-refractivity contribution in [3.63, 3.8) is 0 Å². The van der Waals surface area contributed by atoms with Crippen molar-refractivity contribution < 1.29 is 24.8 Å². The van der Waals surface area contributed by atoms with Gasteiger partial charge in [0, 0.05) is 0 Å². The van der Waals surface area contributed by atoms with Gasteiger partial charge in [-0.3, -0.25) is 4.57 Å². The second-order valence-corrected chi connectivity index (χ2v) is 7.24. The van der Waals surface area contributed by atoms with Crippen molar-refractivity contribution in [2.45, 2.75) is 43.8 Å². The molecule has 4 rings (SSSR count). The predicted octanol–water partition coefficient (Wildman–Crippen LogP) is 0.422. The highest BCUT2D eigenvalue weighted by atomic mass is 16.6. The fourth-order valence-corrected chi connectivity index (χ4v) is 3.52. The molecule has 5 N–H and O–H groups in total. The van der Waals surface area contributed by atoms with Crippen LogP contribution in [0.4, 0.5) is 5.82 Å². The summed E-state index contributed by atoms with van der Waals surface area (Å²) < 4.78 is 12.7. The van der Waals surface area contributed by atoms with E-state index in [1.54, 1.807) is 0 Å². The average Bonchev–Trinajstić information content (AvgIpc) is 3.30. The van der Waals surface area contributed by atoms with Gasteiger partial charge in [0.25, 0.3) is 0 Å². The van der Waals surface area contributed by atoms with Crippen LogP contribution in [0.5, 0.6) is 6.01 Å². The van der Waals surface area contributed by atoms with Gasteiger partial charge in [-0.25, -0.2) is 4.98 Å². The highest BCUT2D eigenvalue weighted by Crippen LogP contribution is 2.32. The van der Waals surface area contributed by atoms with Crippen molar-refractivity contribution in [3.05, 3.63) is 42.2 Å². The third-order valence-corrected chi connectivity index (χ3v) is 5.15. The lowest BCUT2D eigenvalue weighted by atomic mass is 10.1. The lowest BCUT2D eigenvalue weighted by molar-refractivity contribution is -0.0511. The van der Waals surface area contributed by atoms with E-state index in [0.717, 1.165) is 19.3 Å². The Kier molecular flexibility index (Phi) is 6.09. The second-order valence-electron chi connectivity index (χ2n) is 7.24. The van der Waals surface area contributed by atoms with E-state index in [2.05, 4.69) is 27.1 Å². The molecule has 0 aliphatic carbocycles. The number of nitrogens with zero attached hydrogens (tertiary/aromatic N) is 4. The molecular formula is C20H25N5O5. The number of nitrogens with two attached hydrogens (primary N) is 1. The smallest absolute Gasteiger partial charge is 0.320 e. The van der Waals surface area contributed by atoms with Crippen LogP contribution in [-0.2, 0) is 11.2 Å². The SMILES string of the molecule is Nc1nc(OCCCCc2ccccc2)nc2c1ncn2[C@@H]1O[C@H](CO)C(O)C1O. The molecule has 1 aliphatic rings. The molecule has 4 atom stereocenters. The molecule has 3 heterocycles. The molecular weight excluding hydrogens is 390 g/mol. The number of nitrogen functional groups attached to an aromatic ring is 1. The molecule has 2 aromatic heterocycles. The largest absolute Gasteiger partial charge is 0.463 e. The van der Waals surface area contributed by atoms with Gasteiger partial charge in [-0.05, 0) is 24.8 Å². The zero-order chi connectivity index (χ0) is 21.1. The van der Waals surface area contributed by atoms with Crippen molar-refractivity contribution >= 4 is 17.0 Å². The van der Waals surface area contributed by atoms with Gasteiger partial charge in [0.1, 0.15) is 18.3 Å². The molecule has 2 unspecified atom stereocenters. The summed E-state index contributed by atoms with van der Waals surface area (Å²) in [5.74, 6) is 0.143. The molecule has 1 aromatic carbocycles. The molecule has 0 saturated carbocycles. The number of benzene rings is 1. The van der Waals surface area contributed by atoms with Gasteiger partial charge >= 0.3 is 6.01 Å². The van der Waals surface area contributed by atoms with Gasteiger partial charge in [0.2, 0.25) is 0 Å². The summed E-state index contributed by atoms with van der Waals surface area (Å²) in [7, 11) is 0. The number of aryl methyl sites for hydroxylation is 1. The Labute approximate surface area is 172 Å². The molecule has 1 saturated heterocycles. The van der Waals surface area contributed by atoms with Gasteiger partial charge < -0.3 is 30.5 Å². The summed E-state index contributed by atoms with van der Waals surface area (Å²) in [5.41, 5.74) is 7.92. The topological polar surface area (TPSA) is 149 Å². The fraction of sp³-hybridized carbons (Fsp3) is 0.450. The van der Waals surface area contributed by atoms with Crippen LogP contribution in [0, 0.1) is 0 Å². The predicted molar refractivity (Wildman–Crippen MR) is 108 cm³/mol. The summed E-state index contributed by atoms with van der Waals surface area (Å²) in [6, 6.07) is 10.3. The number of aliphatic hydroxyl groups excluding tert-OH is 3. The van der Waals surface area contributed by atoms with Crippen LogP contribution in [0.2, 0.25) is 0 Å². The summed E-state index contributed by atoms with van der Waals surface area (Å²) in [6.07, 6.45) is -0.191. The first-order valence-corrected chi connectivity index (χ1v) is 9.87. The van der Waals surface area contributed by atoms with Crippen LogP contribution >= 0.6 is 0 Å². The van der Waals surface area contributed by atoms with Crippen molar-refractivity contribution in [1.82, 2.24) is 19.5 Å². The first kappa shape index (κ1) is 20.5. The maximum atomic E-state index is 10.3. The van der Waals surface area contributed by atoms with Crippen LogP contribution in [0.25, 0.3) is 11.2 Å². The minimum atomic E-state index is -1.25. The second kappa shape index (κ2) is 8.92. The zero-order valence-corrected chi connectivity index (χ0v) is 16.3. The number of hydrogen-bond acceptors (Lipinski definition) is 9. The zero-order valence-electron chi connectivity index (χ0n) is 16.3. The Hall–Kier alpha value is -2.79. The van der Waals surface area contributed by atoms with Crippen LogP contribution in [0.3, 0.4) is 0 Å². The Morgan fingerprint density at radius 2 is 1.90 bits per heavy atom. The number of fused-ring (bicyclic) bond motifs is 1. The van der Waals surface area contributed by atoms with Gasteiger partial charge in [0.15, 0.2) is 23.2 Å². The number of rotatable bonds is 8. The number of anilines is 1. The van der Waals surface area contributed by atoms with Gasteiger partial charge in [0.05, 0.1) is 19.5 Å². The Bertz CT molecular complexity index is 982. The number of ether oxygens (including phenoxy) is 2. The first-order chi connectivity index (χ1) is 14.6. The molecule has 30 heavy (non-hydrogen) atoms. The Balaban J connectivity index is 1.43. The first-order valence-electron chi connectivity index (χ1n) is 9.87. The molecule has 1 aliphatic heterocycles. The van der Waals surface area contributed by atoms with E-state index in [9.17, 15) is 15.3 Å². The van der Waals surface area contributed by atoms with E-state index in [0.29, 0.717) is 17.8 Å². The summed E-state index contributed by atoms with van der Waals surface area (Å²) >= 11 is 0. The molecule has 10 nitrogen and oxygen atoms in total. The van der Waals surface area contributed by atoms with Crippen LogP contribution < -0.4 is 10.5 Å². The van der Waals surface area contributed by atoms with E-state index in [1.165, 1.54) is 16.5 Å². The van der Waals surface area contributed by atoms with E-state index in [-0.39, 0.29) is 11.8 Å². The van der Waals surface area contributed by atoms with E-state index in [1.807, 2.05) is 18.2 Å². The Morgan fingerprint density at radius 1 is 1.10 bits per heavy atom. The van der Waals surface area contributed by atoms with Crippen molar-refractivity contribution in [1.29, 1.82) is 0 Å². The number of aromatic nitrogens is 4. The number of aliphatic hydroxyl groups is 3. The quantitative estimate of drug-likeness (QED) is 0.384. The maximum Gasteiger partial charge on any atom is 0.320 e. The molecule has 0 spiro atoms. The maximum absolute atomic E-state index is 10.3. The van der Waals surface area contributed by atoms with Crippen LogP contribution in [-0.4, -0.2) is 66.4 Å². The third kappa shape index (κ3) is 4.08. The van der Waals surface area contributed by atoms with Crippen LogP contribution in [0.15, 0.2) is 36.7 Å². The standard InChI is InChI=1S/C20H25N5O5/c21-17-14-18(25(11-22-14)19-16(28)15(27)13(10-26)30-19)24-20(23-17)29-9-5-4-8-12-6-2-1-3-7-12/h1-3,6-7,11,13,15-16,19,26-28H,4-5,8-10H2,(H2,21,23,24)/t13-,15?,16?,19-/m1/s1. The van der Waals surface area contributed by atoms with Crippen molar-refractivity contribution in [2.24, 2.45) is 0 Å². The molecule has 10 heteroatoms. The fourth-order valence-electron chi connectivity index (χ4n) is 3.52. The minimum Gasteiger partial charge on any atom is -0.463 e. The van der Waals surface area contributed by atoms with E-state index in [4.69, 9.17) is 15.2 Å². The van der Waals surface area contributed by atoms with Gasteiger partial charge in [-0.15, -0.1) is 0 Å².